The first-order valence-corrected chi connectivity index (χ1v) is 13.3. The van der Waals surface area contributed by atoms with Gasteiger partial charge in [0.1, 0.15) is 17.4 Å². The SMILES string of the molecule is CCc1cc2c(C(=O)NC)c(-c3ccc(F)cc3)oc2nc1NS(=O)(=O)CCCCCC(C)(C)O. The maximum Gasteiger partial charge on any atom is 0.255 e. The Hall–Kier alpha value is -2.98. The number of nitrogens with one attached hydrogen (secondary N) is 2. The fourth-order valence-electron chi connectivity index (χ4n) is 3.80. The molecule has 2 heterocycles. The number of carbonyl (C=O) groups excluding carboxylic acids is 1. The predicted molar refractivity (Wildman–Crippen MR) is 134 cm³/mol. The Morgan fingerprint density at radius 2 is 1.86 bits per heavy atom. The van der Waals surface area contributed by atoms with Crippen LogP contribution in [0.15, 0.2) is 34.7 Å². The molecule has 0 bridgehead atoms. The zero-order valence-corrected chi connectivity index (χ0v) is 21.3. The van der Waals surface area contributed by atoms with Crippen molar-refractivity contribution in [2.75, 3.05) is 17.5 Å². The molecule has 1 aromatic carbocycles. The van der Waals surface area contributed by atoms with Gasteiger partial charge in [0.15, 0.2) is 0 Å². The third kappa shape index (κ3) is 6.79. The molecule has 8 nitrogen and oxygen atoms in total. The number of anilines is 1. The summed E-state index contributed by atoms with van der Waals surface area (Å²) >= 11 is 0. The summed E-state index contributed by atoms with van der Waals surface area (Å²) in [4.78, 5) is 17.1. The Morgan fingerprint density at radius 3 is 2.46 bits per heavy atom. The highest BCUT2D eigenvalue weighted by Gasteiger charge is 2.25. The molecule has 0 aliphatic heterocycles. The molecular weight excluding hydrogens is 473 g/mol. The molecule has 3 N–H and O–H groups in total. The molecule has 0 unspecified atom stereocenters. The van der Waals surface area contributed by atoms with Crippen LogP contribution in [0.4, 0.5) is 10.2 Å². The number of sulfonamides is 1. The molecule has 190 valence electrons. The molecule has 3 aromatic rings. The van der Waals surface area contributed by atoms with E-state index in [1.165, 1.54) is 31.3 Å². The number of aromatic nitrogens is 1. The Labute approximate surface area is 205 Å². The third-order valence-corrected chi connectivity index (χ3v) is 6.99. The predicted octanol–water partition coefficient (Wildman–Crippen LogP) is 4.63. The van der Waals surface area contributed by atoms with E-state index in [0.717, 1.165) is 6.42 Å². The Bertz CT molecular complexity index is 1300. The minimum absolute atomic E-state index is 0.0792. The Balaban J connectivity index is 1.91. The molecule has 0 saturated heterocycles. The van der Waals surface area contributed by atoms with Crippen molar-refractivity contribution in [2.24, 2.45) is 0 Å². The number of benzene rings is 1. The van der Waals surface area contributed by atoms with Crippen LogP contribution < -0.4 is 10.0 Å². The second-order valence-electron chi connectivity index (χ2n) is 9.14. The number of aryl methyl sites for hydroxylation is 1. The average molecular weight is 506 g/mol. The third-order valence-electron chi connectivity index (χ3n) is 5.66. The number of unbranched alkanes of at least 4 members (excludes halogenated alkanes) is 2. The van der Waals surface area contributed by atoms with Gasteiger partial charge in [-0.2, -0.15) is 4.98 Å². The van der Waals surface area contributed by atoms with E-state index < -0.39 is 27.3 Å². The quantitative estimate of drug-likeness (QED) is 0.327. The lowest BCUT2D eigenvalue weighted by Gasteiger charge is -2.16. The number of amides is 1. The second kappa shape index (κ2) is 10.7. The van der Waals surface area contributed by atoms with Gasteiger partial charge in [0.25, 0.3) is 5.91 Å². The van der Waals surface area contributed by atoms with E-state index in [1.807, 2.05) is 6.92 Å². The number of fused-ring (bicyclic) bond motifs is 1. The van der Waals surface area contributed by atoms with Crippen LogP contribution >= 0.6 is 0 Å². The van der Waals surface area contributed by atoms with Crippen molar-refractivity contribution in [3.8, 4) is 11.3 Å². The normalized spacial score (nSPS) is 12.2. The summed E-state index contributed by atoms with van der Waals surface area (Å²) in [6.07, 6.45) is 2.92. The van der Waals surface area contributed by atoms with Gasteiger partial charge in [-0.1, -0.05) is 19.8 Å². The number of halogens is 1. The molecule has 2 aromatic heterocycles. The van der Waals surface area contributed by atoms with Gasteiger partial charge in [0, 0.05) is 12.6 Å². The summed E-state index contributed by atoms with van der Waals surface area (Å²) in [5.74, 6) is -0.523. The Morgan fingerprint density at radius 1 is 1.17 bits per heavy atom. The van der Waals surface area contributed by atoms with Gasteiger partial charge in [-0.3, -0.25) is 9.52 Å². The minimum Gasteiger partial charge on any atom is -0.437 e. The van der Waals surface area contributed by atoms with Crippen LogP contribution in [0.25, 0.3) is 22.4 Å². The van der Waals surface area contributed by atoms with E-state index >= 15 is 0 Å². The summed E-state index contributed by atoms with van der Waals surface area (Å²) in [6.45, 7) is 5.31. The van der Waals surface area contributed by atoms with Gasteiger partial charge in [0.05, 0.1) is 22.3 Å². The van der Waals surface area contributed by atoms with E-state index in [2.05, 4.69) is 15.0 Å². The van der Waals surface area contributed by atoms with E-state index in [4.69, 9.17) is 4.42 Å². The van der Waals surface area contributed by atoms with Gasteiger partial charge in [-0.05, 0) is 69.0 Å². The van der Waals surface area contributed by atoms with Crippen molar-refractivity contribution in [3.63, 3.8) is 0 Å². The number of pyridine rings is 1. The molecule has 0 aliphatic rings. The summed E-state index contributed by atoms with van der Waals surface area (Å²) in [6, 6.07) is 7.23. The molecular formula is C25H32FN3O5S. The molecule has 3 rings (SSSR count). The first-order valence-electron chi connectivity index (χ1n) is 11.6. The lowest BCUT2D eigenvalue weighted by atomic mass is 10.0. The fourth-order valence-corrected chi connectivity index (χ4v) is 4.96. The zero-order chi connectivity index (χ0) is 25.8. The Kier molecular flexibility index (Phi) is 8.17. The van der Waals surface area contributed by atoms with Gasteiger partial charge in [-0.25, -0.2) is 12.8 Å². The van der Waals surface area contributed by atoms with Crippen molar-refractivity contribution in [2.45, 2.75) is 58.5 Å². The van der Waals surface area contributed by atoms with E-state index in [9.17, 15) is 22.7 Å². The first kappa shape index (κ1) is 26.6. The maximum atomic E-state index is 13.4. The summed E-state index contributed by atoms with van der Waals surface area (Å²) < 4.78 is 47.3. The molecule has 0 aliphatic carbocycles. The smallest absolute Gasteiger partial charge is 0.255 e. The lowest BCUT2D eigenvalue weighted by Crippen LogP contribution is -2.20. The molecule has 0 saturated carbocycles. The zero-order valence-electron chi connectivity index (χ0n) is 20.4. The van der Waals surface area contributed by atoms with E-state index in [1.54, 1.807) is 19.9 Å². The second-order valence-corrected chi connectivity index (χ2v) is 11.0. The molecule has 35 heavy (non-hydrogen) atoms. The number of hydrogen-bond acceptors (Lipinski definition) is 6. The van der Waals surface area contributed by atoms with Crippen molar-refractivity contribution < 1.29 is 27.1 Å². The standard InChI is InChI=1S/C25H32FN3O5S/c1-5-16-15-19-20(23(30)27-4)21(17-9-11-18(26)12-10-17)34-24(19)28-22(16)29-35(32,33)14-8-6-7-13-25(2,3)31/h9-12,15,31H,5-8,13-14H2,1-4H3,(H,27,30)(H,28,29). The van der Waals surface area contributed by atoms with Crippen molar-refractivity contribution in [1.82, 2.24) is 10.3 Å². The average Bonchev–Trinajstić information content (AvgIpc) is 3.15. The summed E-state index contributed by atoms with van der Waals surface area (Å²) in [5, 5.41) is 12.8. The number of rotatable bonds is 11. The molecule has 0 atom stereocenters. The van der Waals surface area contributed by atoms with Crippen LogP contribution in [0, 0.1) is 5.82 Å². The highest BCUT2D eigenvalue weighted by molar-refractivity contribution is 7.92. The fraction of sp³-hybridized carbons (Fsp3) is 0.440. The highest BCUT2D eigenvalue weighted by Crippen LogP contribution is 2.35. The van der Waals surface area contributed by atoms with Crippen molar-refractivity contribution in [3.05, 3.63) is 47.3 Å². The van der Waals surface area contributed by atoms with Crippen LogP contribution in [0.1, 0.15) is 62.4 Å². The van der Waals surface area contributed by atoms with Crippen LogP contribution in [-0.2, 0) is 16.4 Å². The molecule has 0 spiro atoms. The maximum absolute atomic E-state index is 13.4. The number of nitrogens with zero attached hydrogens (tertiary/aromatic N) is 1. The topological polar surface area (TPSA) is 122 Å². The van der Waals surface area contributed by atoms with Gasteiger partial charge in [-0.15, -0.1) is 0 Å². The number of hydrogen-bond donors (Lipinski definition) is 3. The monoisotopic (exact) mass is 505 g/mol. The minimum atomic E-state index is -3.67. The molecule has 1 amide bonds. The number of furan rings is 1. The van der Waals surface area contributed by atoms with Crippen LogP contribution in [0.2, 0.25) is 0 Å². The van der Waals surface area contributed by atoms with Crippen molar-refractivity contribution >= 4 is 32.8 Å². The van der Waals surface area contributed by atoms with Crippen LogP contribution in [0.3, 0.4) is 0 Å². The lowest BCUT2D eigenvalue weighted by molar-refractivity contribution is 0.0682. The number of aliphatic hydroxyl groups is 1. The van der Waals surface area contributed by atoms with Gasteiger partial charge in [0.2, 0.25) is 15.7 Å². The van der Waals surface area contributed by atoms with Crippen LogP contribution in [-0.4, -0.2) is 42.8 Å². The molecule has 0 fully saturated rings. The summed E-state index contributed by atoms with van der Waals surface area (Å²) in [5.41, 5.74) is 0.685. The largest absolute Gasteiger partial charge is 0.437 e. The number of carbonyl (C=O) groups is 1. The summed E-state index contributed by atoms with van der Waals surface area (Å²) in [7, 11) is -2.18. The van der Waals surface area contributed by atoms with Crippen molar-refractivity contribution in [1.29, 1.82) is 0 Å². The van der Waals surface area contributed by atoms with E-state index in [-0.39, 0.29) is 28.6 Å². The first-order chi connectivity index (χ1) is 16.4. The van der Waals surface area contributed by atoms with Gasteiger partial charge < -0.3 is 14.8 Å². The molecule has 0 radical (unpaired) electrons. The van der Waals surface area contributed by atoms with Crippen LogP contribution in [0.5, 0.6) is 0 Å². The van der Waals surface area contributed by atoms with E-state index in [0.29, 0.717) is 42.2 Å². The van der Waals surface area contributed by atoms with Gasteiger partial charge >= 0.3 is 0 Å². The highest BCUT2D eigenvalue weighted by atomic mass is 32.2. The molecule has 10 heteroatoms.